The number of piperidine rings is 1. The van der Waals surface area contributed by atoms with Gasteiger partial charge in [-0.25, -0.2) is 0 Å². The lowest BCUT2D eigenvalue weighted by Gasteiger charge is -2.32. The van der Waals surface area contributed by atoms with Crippen molar-refractivity contribution in [3.63, 3.8) is 0 Å². The highest BCUT2D eigenvalue weighted by atomic mass is 16.5. The Kier molecular flexibility index (Phi) is 5.53. The summed E-state index contributed by atoms with van der Waals surface area (Å²) in [6.45, 7) is 7.06. The van der Waals surface area contributed by atoms with Crippen LogP contribution in [0, 0.1) is 19.8 Å². The number of carbonyl (C=O) groups is 1. The Morgan fingerprint density at radius 1 is 1.32 bits per heavy atom. The van der Waals surface area contributed by atoms with Gasteiger partial charge in [0.2, 0.25) is 5.89 Å². The van der Waals surface area contributed by atoms with Crippen LogP contribution in [0.3, 0.4) is 0 Å². The first kappa shape index (κ1) is 19.2. The van der Waals surface area contributed by atoms with Crippen LogP contribution in [-0.4, -0.2) is 52.3 Å². The Hall–Kier alpha value is -2.15. The van der Waals surface area contributed by atoms with Crippen molar-refractivity contribution in [2.75, 3.05) is 26.8 Å². The monoisotopic (exact) mass is 386 g/mol. The minimum Gasteiger partial charge on any atom is -0.383 e. The van der Waals surface area contributed by atoms with Crippen molar-refractivity contribution >= 4 is 5.91 Å². The van der Waals surface area contributed by atoms with Gasteiger partial charge >= 0.3 is 0 Å². The molecular formula is C21H30N4O3. The molecule has 2 aromatic heterocycles. The standard InChI is InChI=1S/C21H30N4O3/c1-14-11-18(15(2)25(14)9-10-27-3)21(26)24-8-4-5-16(13-24)12-19-22-20(28-23-19)17-6-7-17/h11,16-17H,4-10,12-13H2,1-3H3. The van der Waals surface area contributed by atoms with Crippen molar-refractivity contribution in [2.24, 2.45) is 5.92 Å². The minimum absolute atomic E-state index is 0.133. The van der Waals surface area contributed by atoms with Gasteiger partial charge in [0.05, 0.1) is 12.2 Å². The van der Waals surface area contributed by atoms with Crippen molar-refractivity contribution in [3.8, 4) is 0 Å². The molecule has 2 aliphatic rings. The molecular weight excluding hydrogens is 356 g/mol. The number of aryl methyl sites for hydroxylation is 1. The molecule has 0 radical (unpaired) electrons. The van der Waals surface area contributed by atoms with Crippen molar-refractivity contribution in [3.05, 3.63) is 34.7 Å². The number of aromatic nitrogens is 3. The third-order valence-corrected chi connectivity index (χ3v) is 6.01. The lowest BCUT2D eigenvalue weighted by atomic mass is 9.94. The number of hydrogen-bond acceptors (Lipinski definition) is 5. The van der Waals surface area contributed by atoms with E-state index in [1.54, 1.807) is 7.11 Å². The van der Waals surface area contributed by atoms with Gasteiger partial charge in [-0.15, -0.1) is 0 Å². The highest BCUT2D eigenvalue weighted by Gasteiger charge is 2.31. The molecule has 4 rings (SSSR count). The van der Waals surface area contributed by atoms with E-state index < -0.39 is 0 Å². The lowest BCUT2D eigenvalue weighted by molar-refractivity contribution is 0.0671. The van der Waals surface area contributed by atoms with Crippen LogP contribution in [-0.2, 0) is 17.7 Å². The summed E-state index contributed by atoms with van der Waals surface area (Å²) >= 11 is 0. The third-order valence-electron chi connectivity index (χ3n) is 6.01. The zero-order chi connectivity index (χ0) is 19.7. The van der Waals surface area contributed by atoms with E-state index in [0.29, 0.717) is 18.4 Å². The third kappa shape index (κ3) is 3.99. The van der Waals surface area contributed by atoms with E-state index in [9.17, 15) is 4.79 Å². The number of likely N-dealkylation sites (tertiary alicyclic amines) is 1. The summed E-state index contributed by atoms with van der Waals surface area (Å²) in [5.74, 6) is 2.59. The van der Waals surface area contributed by atoms with Crippen LogP contribution in [0.1, 0.15) is 65.1 Å². The van der Waals surface area contributed by atoms with Crippen molar-refractivity contribution in [1.29, 1.82) is 0 Å². The van der Waals surface area contributed by atoms with E-state index in [1.807, 2.05) is 24.8 Å². The average Bonchev–Trinajstić information content (AvgIpc) is 3.38. The van der Waals surface area contributed by atoms with Gasteiger partial charge < -0.3 is 18.7 Å². The van der Waals surface area contributed by atoms with Gasteiger partial charge in [-0.2, -0.15) is 4.98 Å². The van der Waals surface area contributed by atoms with E-state index in [2.05, 4.69) is 14.7 Å². The molecule has 3 heterocycles. The first-order valence-corrected chi connectivity index (χ1v) is 10.3. The zero-order valence-electron chi connectivity index (χ0n) is 17.1. The number of carbonyl (C=O) groups excluding carboxylic acids is 1. The summed E-state index contributed by atoms with van der Waals surface area (Å²) < 4.78 is 12.7. The molecule has 1 saturated carbocycles. The number of methoxy groups -OCH3 is 1. The second-order valence-electron chi connectivity index (χ2n) is 8.22. The van der Waals surface area contributed by atoms with Gasteiger partial charge in [0, 0.05) is 50.5 Å². The summed E-state index contributed by atoms with van der Waals surface area (Å²) in [6, 6.07) is 2.01. The molecule has 0 spiro atoms. The molecule has 1 aliphatic carbocycles. The zero-order valence-corrected chi connectivity index (χ0v) is 17.1. The molecule has 1 aliphatic heterocycles. The van der Waals surface area contributed by atoms with Gasteiger partial charge in [0.1, 0.15) is 0 Å². The predicted octanol–water partition coefficient (Wildman–Crippen LogP) is 3.11. The quantitative estimate of drug-likeness (QED) is 0.731. The summed E-state index contributed by atoms with van der Waals surface area (Å²) in [5, 5.41) is 4.15. The maximum Gasteiger partial charge on any atom is 0.255 e. The van der Waals surface area contributed by atoms with Crippen LogP contribution < -0.4 is 0 Å². The lowest BCUT2D eigenvalue weighted by Crippen LogP contribution is -2.40. The topological polar surface area (TPSA) is 73.4 Å². The molecule has 0 aromatic carbocycles. The summed E-state index contributed by atoms with van der Waals surface area (Å²) in [7, 11) is 1.70. The van der Waals surface area contributed by atoms with Crippen LogP contribution in [0.2, 0.25) is 0 Å². The van der Waals surface area contributed by atoms with Crippen LogP contribution in [0.5, 0.6) is 0 Å². The smallest absolute Gasteiger partial charge is 0.255 e. The number of rotatable bonds is 7. The minimum atomic E-state index is 0.133. The Morgan fingerprint density at radius 3 is 2.89 bits per heavy atom. The molecule has 1 unspecified atom stereocenters. The molecule has 2 fully saturated rings. The van der Waals surface area contributed by atoms with Gasteiger partial charge in [-0.3, -0.25) is 4.79 Å². The van der Waals surface area contributed by atoms with Crippen molar-refractivity contribution in [1.82, 2.24) is 19.6 Å². The second-order valence-corrected chi connectivity index (χ2v) is 8.22. The van der Waals surface area contributed by atoms with E-state index in [0.717, 1.165) is 80.4 Å². The van der Waals surface area contributed by atoms with Crippen LogP contribution >= 0.6 is 0 Å². The van der Waals surface area contributed by atoms with E-state index in [4.69, 9.17) is 9.26 Å². The molecule has 0 bridgehead atoms. The van der Waals surface area contributed by atoms with Gasteiger partial charge in [-0.05, 0) is 51.5 Å². The van der Waals surface area contributed by atoms with Crippen molar-refractivity contribution in [2.45, 2.75) is 58.4 Å². The number of nitrogens with zero attached hydrogens (tertiary/aromatic N) is 4. The fraction of sp³-hybridized carbons (Fsp3) is 0.667. The largest absolute Gasteiger partial charge is 0.383 e. The normalized spacial score (nSPS) is 20.0. The first-order valence-electron chi connectivity index (χ1n) is 10.3. The highest BCUT2D eigenvalue weighted by Crippen LogP contribution is 2.39. The molecule has 1 amide bonds. The second kappa shape index (κ2) is 8.07. The Balaban J connectivity index is 1.41. The van der Waals surface area contributed by atoms with Gasteiger partial charge in [0.25, 0.3) is 5.91 Å². The first-order chi connectivity index (χ1) is 13.6. The molecule has 0 N–H and O–H groups in total. The maximum absolute atomic E-state index is 13.2. The van der Waals surface area contributed by atoms with Gasteiger partial charge in [-0.1, -0.05) is 5.16 Å². The number of hydrogen-bond donors (Lipinski definition) is 0. The van der Waals surface area contributed by atoms with Crippen LogP contribution in [0.4, 0.5) is 0 Å². The fourth-order valence-electron chi connectivity index (χ4n) is 4.24. The Labute approximate surface area is 166 Å². The predicted molar refractivity (Wildman–Crippen MR) is 104 cm³/mol. The molecule has 7 heteroatoms. The fourth-order valence-corrected chi connectivity index (χ4v) is 4.24. The van der Waals surface area contributed by atoms with Gasteiger partial charge in [0.15, 0.2) is 5.82 Å². The molecule has 7 nitrogen and oxygen atoms in total. The van der Waals surface area contributed by atoms with E-state index >= 15 is 0 Å². The molecule has 1 atom stereocenters. The van der Waals surface area contributed by atoms with Crippen LogP contribution in [0.25, 0.3) is 0 Å². The van der Waals surface area contributed by atoms with E-state index in [1.165, 1.54) is 0 Å². The van der Waals surface area contributed by atoms with E-state index in [-0.39, 0.29) is 5.91 Å². The highest BCUT2D eigenvalue weighted by molar-refractivity contribution is 5.95. The summed E-state index contributed by atoms with van der Waals surface area (Å²) in [5.41, 5.74) is 2.93. The molecule has 152 valence electrons. The molecule has 2 aromatic rings. The number of amides is 1. The Morgan fingerprint density at radius 2 is 2.14 bits per heavy atom. The van der Waals surface area contributed by atoms with Crippen LogP contribution in [0.15, 0.2) is 10.6 Å². The average molecular weight is 386 g/mol. The SMILES string of the molecule is COCCn1c(C)cc(C(=O)N2CCCC(Cc3noc(C4CC4)n3)C2)c1C. The molecule has 1 saturated heterocycles. The molecule has 28 heavy (non-hydrogen) atoms. The summed E-state index contributed by atoms with van der Waals surface area (Å²) in [6.07, 6.45) is 5.23. The van der Waals surface area contributed by atoms with Crippen molar-refractivity contribution < 1.29 is 14.1 Å². The maximum atomic E-state index is 13.2. The summed E-state index contributed by atoms with van der Waals surface area (Å²) in [4.78, 5) is 19.7. The number of ether oxygens (including phenoxy) is 1. The Bertz CT molecular complexity index is 837.